The fraction of sp³-hybridized carbons (Fsp3) is 0.450. The Balaban J connectivity index is 1.43. The molecule has 25 heavy (non-hydrogen) atoms. The van der Waals surface area contributed by atoms with Crippen molar-refractivity contribution in [1.29, 1.82) is 0 Å². The maximum atomic E-state index is 13.8. The van der Waals surface area contributed by atoms with Crippen LogP contribution in [0.1, 0.15) is 36.8 Å². The Morgan fingerprint density at radius 2 is 1.88 bits per heavy atom. The second-order valence-electron chi connectivity index (χ2n) is 6.88. The van der Waals surface area contributed by atoms with Gasteiger partial charge < -0.3 is 5.32 Å². The van der Waals surface area contributed by atoms with Crippen molar-refractivity contribution in [3.05, 3.63) is 65.5 Å². The number of likely N-dealkylation sites (tertiary alicyclic amines) is 1. The van der Waals surface area contributed by atoms with Crippen molar-refractivity contribution in [1.82, 2.24) is 15.2 Å². The first-order chi connectivity index (χ1) is 12.1. The predicted octanol–water partition coefficient (Wildman–Crippen LogP) is 3.72. The molecular weight excluding hydrogens is 320 g/mol. The molecule has 1 N–H and O–H groups in total. The summed E-state index contributed by atoms with van der Waals surface area (Å²) in [6, 6.07) is 8.41. The van der Waals surface area contributed by atoms with Crippen LogP contribution in [0, 0.1) is 11.6 Å². The summed E-state index contributed by atoms with van der Waals surface area (Å²) in [7, 11) is 0. The predicted molar refractivity (Wildman–Crippen MR) is 95.3 cm³/mol. The van der Waals surface area contributed by atoms with E-state index in [-0.39, 0.29) is 5.92 Å². The van der Waals surface area contributed by atoms with Crippen molar-refractivity contribution in [2.45, 2.75) is 38.3 Å². The van der Waals surface area contributed by atoms with Gasteiger partial charge in [0.2, 0.25) is 0 Å². The number of piperidine rings is 1. The molecule has 134 valence electrons. The lowest BCUT2D eigenvalue weighted by Gasteiger charge is -2.33. The van der Waals surface area contributed by atoms with E-state index in [1.807, 2.05) is 19.3 Å². The number of nitrogens with one attached hydrogen (secondary N) is 1. The summed E-state index contributed by atoms with van der Waals surface area (Å²) in [5.41, 5.74) is 1.87. The first kappa shape index (κ1) is 18.0. The number of benzene rings is 1. The van der Waals surface area contributed by atoms with Gasteiger partial charge in [-0.3, -0.25) is 9.88 Å². The van der Waals surface area contributed by atoms with Crippen molar-refractivity contribution >= 4 is 0 Å². The third-order valence-corrected chi connectivity index (χ3v) is 4.95. The van der Waals surface area contributed by atoms with Crippen LogP contribution >= 0.6 is 0 Å². The number of rotatable bonds is 6. The third-order valence-electron chi connectivity index (χ3n) is 4.95. The van der Waals surface area contributed by atoms with Crippen LogP contribution in [0.3, 0.4) is 0 Å². The molecule has 2 aromatic rings. The minimum absolute atomic E-state index is 0.0236. The van der Waals surface area contributed by atoms with Crippen LogP contribution in [0.5, 0.6) is 0 Å². The molecule has 0 saturated carbocycles. The van der Waals surface area contributed by atoms with Crippen LogP contribution in [0.15, 0.2) is 42.7 Å². The standard InChI is InChI=1S/C20H25F2N3/c1-15(19-3-2-17(21)12-20(19)22)13-24-18-6-10-25(11-7-18)14-16-4-8-23-9-5-16/h2-5,8-9,12,15,18,24H,6-7,10-11,13-14H2,1H3/t15-/m1/s1. The van der Waals surface area contributed by atoms with Gasteiger partial charge in [-0.2, -0.15) is 0 Å². The number of aromatic nitrogens is 1. The maximum Gasteiger partial charge on any atom is 0.129 e. The number of pyridine rings is 1. The summed E-state index contributed by atoms with van der Waals surface area (Å²) < 4.78 is 26.9. The second-order valence-corrected chi connectivity index (χ2v) is 6.88. The van der Waals surface area contributed by atoms with Gasteiger partial charge in [-0.1, -0.05) is 13.0 Å². The minimum Gasteiger partial charge on any atom is -0.313 e. The molecular formula is C20H25F2N3. The molecule has 0 aliphatic carbocycles. The molecule has 3 rings (SSSR count). The van der Waals surface area contributed by atoms with Crippen molar-refractivity contribution in [2.75, 3.05) is 19.6 Å². The highest BCUT2D eigenvalue weighted by atomic mass is 19.1. The maximum absolute atomic E-state index is 13.8. The molecule has 1 aromatic heterocycles. The van der Waals surface area contributed by atoms with Gasteiger partial charge in [-0.05, 0) is 61.2 Å². The zero-order chi connectivity index (χ0) is 17.6. The number of nitrogens with zero attached hydrogens (tertiary/aromatic N) is 2. The van der Waals surface area contributed by atoms with E-state index >= 15 is 0 Å². The Bertz CT molecular complexity index is 670. The van der Waals surface area contributed by atoms with E-state index in [1.165, 1.54) is 11.6 Å². The molecule has 0 radical (unpaired) electrons. The average molecular weight is 345 g/mol. The van der Waals surface area contributed by atoms with Gasteiger partial charge >= 0.3 is 0 Å². The molecule has 1 saturated heterocycles. The van der Waals surface area contributed by atoms with Crippen LogP contribution in [0.25, 0.3) is 0 Å². The van der Waals surface area contributed by atoms with E-state index in [0.717, 1.165) is 38.5 Å². The summed E-state index contributed by atoms with van der Waals surface area (Å²) in [6.07, 6.45) is 5.84. The Labute approximate surface area is 148 Å². The number of hydrogen-bond donors (Lipinski definition) is 1. The van der Waals surface area contributed by atoms with Gasteiger partial charge in [0.05, 0.1) is 0 Å². The fourth-order valence-electron chi connectivity index (χ4n) is 3.40. The molecule has 1 atom stereocenters. The SMILES string of the molecule is C[C@H](CNC1CCN(Cc2ccncc2)CC1)c1ccc(F)cc1F. The molecule has 2 heterocycles. The lowest BCUT2D eigenvalue weighted by molar-refractivity contribution is 0.190. The lowest BCUT2D eigenvalue weighted by Crippen LogP contribution is -2.43. The van der Waals surface area contributed by atoms with E-state index < -0.39 is 11.6 Å². The number of halogens is 2. The van der Waals surface area contributed by atoms with E-state index in [4.69, 9.17) is 0 Å². The molecule has 0 amide bonds. The zero-order valence-corrected chi connectivity index (χ0v) is 14.6. The molecule has 1 aliphatic heterocycles. The summed E-state index contributed by atoms with van der Waals surface area (Å²) in [6.45, 7) is 5.75. The fourth-order valence-corrected chi connectivity index (χ4v) is 3.40. The molecule has 0 bridgehead atoms. The van der Waals surface area contributed by atoms with Gasteiger partial charge in [0.15, 0.2) is 0 Å². The van der Waals surface area contributed by atoms with Crippen LogP contribution < -0.4 is 5.32 Å². The quantitative estimate of drug-likeness (QED) is 0.865. The van der Waals surface area contributed by atoms with E-state index in [2.05, 4.69) is 27.3 Å². The van der Waals surface area contributed by atoms with Crippen molar-refractivity contribution in [3.63, 3.8) is 0 Å². The summed E-state index contributed by atoms with van der Waals surface area (Å²) in [5.74, 6) is -0.958. The Morgan fingerprint density at radius 3 is 2.56 bits per heavy atom. The van der Waals surface area contributed by atoms with Crippen LogP contribution in [-0.2, 0) is 6.54 Å². The van der Waals surface area contributed by atoms with Crippen LogP contribution in [-0.4, -0.2) is 35.6 Å². The van der Waals surface area contributed by atoms with Gasteiger partial charge in [-0.15, -0.1) is 0 Å². The summed E-state index contributed by atoms with van der Waals surface area (Å²) in [5, 5.41) is 3.55. The van der Waals surface area contributed by atoms with Gasteiger partial charge in [0, 0.05) is 37.6 Å². The molecule has 0 unspecified atom stereocenters. The monoisotopic (exact) mass is 345 g/mol. The topological polar surface area (TPSA) is 28.2 Å². The van der Waals surface area contributed by atoms with Gasteiger partial charge in [0.1, 0.15) is 11.6 Å². The highest BCUT2D eigenvalue weighted by molar-refractivity contribution is 5.22. The van der Waals surface area contributed by atoms with Gasteiger partial charge in [0.25, 0.3) is 0 Å². The first-order valence-electron chi connectivity index (χ1n) is 8.91. The van der Waals surface area contributed by atoms with Crippen LogP contribution in [0.4, 0.5) is 8.78 Å². The smallest absolute Gasteiger partial charge is 0.129 e. The minimum atomic E-state index is -0.525. The highest BCUT2D eigenvalue weighted by Gasteiger charge is 2.20. The van der Waals surface area contributed by atoms with E-state index in [1.54, 1.807) is 6.07 Å². The molecule has 1 aromatic carbocycles. The molecule has 5 heteroatoms. The molecule has 0 spiro atoms. The van der Waals surface area contributed by atoms with Crippen LogP contribution in [0.2, 0.25) is 0 Å². The molecule has 1 fully saturated rings. The summed E-state index contributed by atoms with van der Waals surface area (Å²) in [4.78, 5) is 6.51. The van der Waals surface area contributed by atoms with Crippen molar-refractivity contribution in [2.24, 2.45) is 0 Å². The zero-order valence-electron chi connectivity index (χ0n) is 14.6. The third kappa shape index (κ3) is 5.06. The normalized spacial score (nSPS) is 17.6. The summed E-state index contributed by atoms with van der Waals surface area (Å²) >= 11 is 0. The van der Waals surface area contributed by atoms with Crippen molar-refractivity contribution < 1.29 is 8.78 Å². The lowest BCUT2D eigenvalue weighted by atomic mass is 9.98. The average Bonchev–Trinajstić information content (AvgIpc) is 2.62. The molecule has 3 nitrogen and oxygen atoms in total. The van der Waals surface area contributed by atoms with E-state index in [0.29, 0.717) is 18.2 Å². The van der Waals surface area contributed by atoms with E-state index in [9.17, 15) is 8.78 Å². The van der Waals surface area contributed by atoms with Crippen molar-refractivity contribution in [3.8, 4) is 0 Å². The molecule has 1 aliphatic rings. The largest absolute Gasteiger partial charge is 0.313 e. The Kier molecular flexibility index (Phi) is 6.10. The Hall–Kier alpha value is -1.85. The number of hydrogen-bond acceptors (Lipinski definition) is 3. The second kappa shape index (κ2) is 8.50. The van der Waals surface area contributed by atoms with Gasteiger partial charge in [-0.25, -0.2) is 8.78 Å². The first-order valence-corrected chi connectivity index (χ1v) is 8.91. The Morgan fingerprint density at radius 1 is 1.16 bits per heavy atom. The highest BCUT2D eigenvalue weighted by Crippen LogP contribution is 2.20.